The first-order chi connectivity index (χ1) is 7.86. The minimum Gasteiger partial charge on any atom is -0.489 e. The van der Waals surface area contributed by atoms with Crippen LogP contribution >= 0.6 is 15.9 Å². The molecule has 0 bridgehead atoms. The lowest BCUT2D eigenvalue weighted by molar-refractivity contribution is -0.163. The lowest BCUT2D eigenvalue weighted by Crippen LogP contribution is -2.42. The Balaban J connectivity index is 2.70. The molecule has 1 rings (SSSR count). The molecule has 1 atom stereocenters. The number of esters is 1. The van der Waals surface area contributed by atoms with Crippen LogP contribution in [-0.4, -0.2) is 30.4 Å². The summed E-state index contributed by atoms with van der Waals surface area (Å²) in [4.78, 5) is 11.2. The highest BCUT2D eigenvalue weighted by Crippen LogP contribution is 2.26. The fourth-order valence-electron chi connectivity index (χ4n) is 1.09. The minimum absolute atomic E-state index is 0.288. The van der Waals surface area contributed by atoms with Crippen LogP contribution in [0.25, 0.3) is 0 Å². The molecule has 0 aliphatic rings. The molecule has 0 saturated heterocycles. The fraction of sp³-hybridized carbons (Fsp3) is 0.364. The van der Waals surface area contributed by atoms with E-state index in [1.54, 1.807) is 0 Å². The van der Waals surface area contributed by atoms with E-state index in [9.17, 15) is 14.3 Å². The van der Waals surface area contributed by atoms with Crippen molar-refractivity contribution in [2.45, 2.75) is 12.5 Å². The molecule has 0 fully saturated rings. The van der Waals surface area contributed by atoms with Gasteiger partial charge in [0.15, 0.2) is 5.60 Å². The maximum absolute atomic E-state index is 12.8. The van der Waals surface area contributed by atoms with E-state index in [0.717, 1.165) is 0 Å². The predicted molar refractivity (Wildman–Crippen MR) is 62.2 cm³/mol. The highest BCUT2D eigenvalue weighted by atomic mass is 79.9. The number of hydrogen-bond donors (Lipinski definition) is 1. The normalized spacial score (nSPS) is 13.9. The lowest BCUT2D eigenvalue weighted by Gasteiger charge is -2.20. The fourth-order valence-corrected chi connectivity index (χ4v) is 1.55. The van der Waals surface area contributed by atoms with Gasteiger partial charge in [-0.15, -0.1) is 0 Å². The van der Waals surface area contributed by atoms with Gasteiger partial charge in [-0.05, 0) is 41.1 Å². The molecule has 0 aromatic heterocycles. The quantitative estimate of drug-likeness (QED) is 0.863. The Kier molecular flexibility index (Phi) is 4.47. The van der Waals surface area contributed by atoms with Crippen LogP contribution in [0.15, 0.2) is 22.7 Å². The highest BCUT2D eigenvalue weighted by molar-refractivity contribution is 9.10. The van der Waals surface area contributed by atoms with Crippen LogP contribution in [0.2, 0.25) is 0 Å². The maximum Gasteiger partial charge on any atom is 0.341 e. The first-order valence-electron chi connectivity index (χ1n) is 4.75. The molecule has 94 valence electrons. The first kappa shape index (κ1) is 13.9. The monoisotopic (exact) mass is 306 g/mol. The minimum atomic E-state index is -1.75. The van der Waals surface area contributed by atoms with Crippen LogP contribution in [-0.2, 0) is 9.53 Å². The third-order valence-electron chi connectivity index (χ3n) is 2.03. The number of carbonyl (C=O) groups is 1. The van der Waals surface area contributed by atoms with Crippen molar-refractivity contribution in [2.24, 2.45) is 0 Å². The van der Waals surface area contributed by atoms with E-state index in [-0.39, 0.29) is 6.61 Å². The van der Waals surface area contributed by atoms with E-state index >= 15 is 0 Å². The number of ether oxygens (including phenoxy) is 2. The summed E-state index contributed by atoms with van der Waals surface area (Å²) in [7, 11) is 1.17. The van der Waals surface area contributed by atoms with Gasteiger partial charge in [0.25, 0.3) is 0 Å². The lowest BCUT2D eigenvalue weighted by atomic mass is 10.1. The van der Waals surface area contributed by atoms with Crippen molar-refractivity contribution < 1.29 is 23.8 Å². The molecular formula is C11H12BrFO4. The van der Waals surface area contributed by atoms with Crippen molar-refractivity contribution in [1.29, 1.82) is 0 Å². The number of halogens is 2. The molecule has 1 unspecified atom stereocenters. The topological polar surface area (TPSA) is 55.8 Å². The van der Waals surface area contributed by atoms with Gasteiger partial charge < -0.3 is 14.6 Å². The molecule has 0 heterocycles. The summed E-state index contributed by atoms with van der Waals surface area (Å²) >= 11 is 3.11. The van der Waals surface area contributed by atoms with Crippen molar-refractivity contribution in [2.75, 3.05) is 13.7 Å². The van der Waals surface area contributed by atoms with Crippen molar-refractivity contribution in [3.05, 3.63) is 28.5 Å². The molecule has 4 nitrogen and oxygen atoms in total. The summed E-state index contributed by atoms with van der Waals surface area (Å²) in [6, 6.07) is 3.84. The number of hydrogen-bond acceptors (Lipinski definition) is 4. The molecule has 1 aromatic carbocycles. The smallest absolute Gasteiger partial charge is 0.341 e. The summed E-state index contributed by atoms with van der Waals surface area (Å²) in [6.07, 6.45) is 0. The van der Waals surface area contributed by atoms with Gasteiger partial charge in [0.2, 0.25) is 0 Å². The molecule has 0 aliphatic carbocycles. The van der Waals surface area contributed by atoms with Crippen molar-refractivity contribution in [1.82, 2.24) is 0 Å². The van der Waals surface area contributed by atoms with Crippen molar-refractivity contribution in [3.8, 4) is 5.75 Å². The van der Waals surface area contributed by atoms with Crippen LogP contribution in [0.5, 0.6) is 5.75 Å². The number of methoxy groups -OCH3 is 1. The molecule has 17 heavy (non-hydrogen) atoms. The van der Waals surface area contributed by atoms with Crippen LogP contribution < -0.4 is 4.74 Å². The molecule has 0 radical (unpaired) electrons. The predicted octanol–water partition coefficient (Wildman–Crippen LogP) is 1.89. The van der Waals surface area contributed by atoms with Gasteiger partial charge in [-0.1, -0.05) is 0 Å². The Hall–Kier alpha value is -1.14. The maximum atomic E-state index is 12.8. The van der Waals surface area contributed by atoms with Crippen LogP contribution in [0, 0.1) is 5.82 Å². The van der Waals surface area contributed by atoms with Crippen LogP contribution in [0.1, 0.15) is 6.92 Å². The van der Waals surface area contributed by atoms with Crippen LogP contribution in [0.4, 0.5) is 4.39 Å². The summed E-state index contributed by atoms with van der Waals surface area (Å²) in [5.41, 5.74) is -1.75. The summed E-state index contributed by atoms with van der Waals surface area (Å²) in [6.45, 7) is 0.986. The van der Waals surface area contributed by atoms with Gasteiger partial charge in [-0.3, -0.25) is 0 Å². The average molecular weight is 307 g/mol. The van der Waals surface area contributed by atoms with Gasteiger partial charge in [-0.2, -0.15) is 0 Å². The Morgan fingerprint density at radius 2 is 2.24 bits per heavy atom. The van der Waals surface area contributed by atoms with Gasteiger partial charge in [0.05, 0.1) is 11.6 Å². The highest BCUT2D eigenvalue weighted by Gasteiger charge is 2.32. The zero-order valence-corrected chi connectivity index (χ0v) is 11.0. The molecule has 1 aromatic rings. The Labute approximate surface area is 106 Å². The van der Waals surface area contributed by atoms with E-state index in [1.165, 1.54) is 32.2 Å². The standard InChI is InChI=1S/C11H12BrFO4/c1-11(15,10(14)16-2)6-17-9-4-3-7(13)5-8(9)12/h3-5,15H,6H2,1-2H3. The second kappa shape index (κ2) is 5.46. The first-order valence-corrected chi connectivity index (χ1v) is 5.55. The third kappa shape index (κ3) is 3.67. The molecule has 0 aliphatic heterocycles. The Bertz CT molecular complexity index is 420. The van der Waals surface area contributed by atoms with Gasteiger partial charge in [0, 0.05) is 0 Å². The summed E-state index contributed by atoms with van der Waals surface area (Å²) in [5, 5.41) is 9.70. The zero-order valence-electron chi connectivity index (χ0n) is 9.37. The molecule has 0 saturated carbocycles. The summed E-state index contributed by atoms with van der Waals surface area (Å²) < 4.78 is 22.8. The van der Waals surface area contributed by atoms with E-state index in [4.69, 9.17) is 4.74 Å². The SMILES string of the molecule is COC(=O)C(C)(O)COc1ccc(F)cc1Br. The van der Waals surface area contributed by atoms with Gasteiger partial charge in [0.1, 0.15) is 18.2 Å². The number of benzene rings is 1. The van der Waals surface area contributed by atoms with Crippen molar-refractivity contribution in [3.63, 3.8) is 0 Å². The summed E-state index contributed by atoms with van der Waals surface area (Å²) in [5.74, 6) is -0.879. The van der Waals surface area contributed by atoms with Crippen LogP contribution in [0.3, 0.4) is 0 Å². The second-order valence-electron chi connectivity index (χ2n) is 3.63. The molecule has 6 heteroatoms. The number of carbonyl (C=O) groups excluding carboxylic acids is 1. The number of aliphatic hydroxyl groups is 1. The average Bonchev–Trinajstić information content (AvgIpc) is 2.26. The molecular weight excluding hydrogens is 295 g/mol. The third-order valence-corrected chi connectivity index (χ3v) is 2.65. The van der Waals surface area contributed by atoms with E-state index in [1.807, 2.05) is 0 Å². The van der Waals surface area contributed by atoms with Crippen molar-refractivity contribution >= 4 is 21.9 Å². The Morgan fingerprint density at radius 1 is 1.59 bits per heavy atom. The number of rotatable bonds is 4. The van der Waals surface area contributed by atoms with E-state index in [2.05, 4.69) is 20.7 Å². The van der Waals surface area contributed by atoms with E-state index in [0.29, 0.717) is 10.2 Å². The largest absolute Gasteiger partial charge is 0.489 e. The Morgan fingerprint density at radius 3 is 2.76 bits per heavy atom. The molecule has 0 amide bonds. The van der Waals surface area contributed by atoms with Gasteiger partial charge in [-0.25, -0.2) is 9.18 Å². The second-order valence-corrected chi connectivity index (χ2v) is 4.48. The zero-order chi connectivity index (χ0) is 13.1. The van der Waals surface area contributed by atoms with E-state index < -0.39 is 17.4 Å². The molecule has 0 spiro atoms. The molecule has 1 N–H and O–H groups in total. The van der Waals surface area contributed by atoms with Gasteiger partial charge >= 0.3 is 5.97 Å².